The number of hydrogen-bond donors (Lipinski definition) is 3. The van der Waals surface area contributed by atoms with Crippen molar-refractivity contribution < 1.29 is 24.5 Å². The Balaban J connectivity index is 4.72. The molecule has 0 saturated carbocycles. The molecular weight excluding hydrogens is 779 g/mol. The SMILES string of the molecule is CC/C=C/C=C/C=C/CCCCCCCCCC(=O)OC(CCC/C=C\C/C=C\C/C=C\C/C=C\CCCCC)CC(=O)NC(CO)C(O)CCCCCCCCCCCCCC. The lowest BCUT2D eigenvalue weighted by molar-refractivity contribution is -0.151. The van der Waals surface area contributed by atoms with Gasteiger partial charge in [-0.05, 0) is 83.5 Å². The number of hydrogen-bond acceptors (Lipinski definition) is 5. The number of esters is 1. The quantitative estimate of drug-likeness (QED) is 0.0245. The summed E-state index contributed by atoms with van der Waals surface area (Å²) in [5, 5.41) is 23.8. The molecule has 0 aliphatic carbocycles. The van der Waals surface area contributed by atoms with Crippen molar-refractivity contribution in [2.75, 3.05) is 6.61 Å². The van der Waals surface area contributed by atoms with Crippen LogP contribution in [-0.4, -0.2) is 46.9 Å². The maximum absolute atomic E-state index is 13.2. The second-order valence-electron chi connectivity index (χ2n) is 17.6. The average molecular weight is 878 g/mol. The van der Waals surface area contributed by atoms with Crippen LogP contribution < -0.4 is 5.32 Å². The van der Waals surface area contributed by atoms with E-state index in [1.165, 1.54) is 109 Å². The highest BCUT2D eigenvalue weighted by Crippen LogP contribution is 2.17. The predicted octanol–water partition coefficient (Wildman–Crippen LogP) is 16.0. The Morgan fingerprint density at radius 3 is 1.49 bits per heavy atom. The fourth-order valence-electron chi connectivity index (χ4n) is 7.54. The minimum Gasteiger partial charge on any atom is -0.462 e. The van der Waals surface area contributed by atoms with Crippen LogP contribution in [0.2, 0.25) is 0 Å². The summed E-state index contributed by atoms with van der Waals surface area (Å²) in [5.41, 5.74) is 0. The van der Waals surface area contributed by atoms with E-state index < -0.39 is 18.2 Å². The van der Waals surface area contributed by atoms with Gasteiger partial charge in [0.15, 0.2) is 0 Å². The third kappa shape index (κ3) is 45.4. The Labute approximate surface area is 389 Å². The Bertz CT molecular complexity index is 1210. The van der Waals surface area contributed by atoms with E-state index >= 15 is 0 Å². The highest BCUT2D eigenvalue weighted by molar-refractivity contribution is 5.77. The maximum Gasteiger partial charge on any atom is 0.306 e. The lowest BCUT2D eigenvalue weighted by atomic mass is 10.0. The molecule has 0 aromatic carbocycles. The molecular formula is C57H99NO5. The normalized spacial score (nSPS) is 13.9. The molecule has 0 aromatic heterocycles. The third-order valence-corrected chi connectivity index (χ3v) is 11.5. The molecule has 0 radical (unpaired) electrons. The van der Waals surface area contributed by atoms with Crippen molar-refractivity contribution in [3.8, 4) is 0 Å². The molecule has 0 aliphatic heterocycles. The summed E-state index contributed by atoms with van der Waals surface area (Å²) in [6.45, 7) is 6.30. The Morgan fingerprint density at radius 2 is 0.937 bits per heavy atom. The van der Waals surface area contributed by atoms with E-state index in [1.807, 2.05) is 0 Å². The van der Waals surface area contributed by atoms with Crippen molar-refractivity contribution in [3.63, 3.8) is 0 Å². The molecule has 0 rings (SSSR count). The van der Waals surface area contributed by atoms with Gasteiger partial charge in [0.25, 0.3) is 0 Å². The van der Waals surface area contributed by atoms with Crippen molar-refractivity contribution in [3.05, 3.63) is 85.1 Å². The monoisotopic (exact) mass is 878 g/mol. The zero-order chi connectivity index (χ0) is 45.9. The first-order chi connectivity index (χ1) is 31.0. The maximum atomic E-state index is 13.2. The molecule has 0 aliphatic rings. The van der Waals surface area contributed by atoms with Gasteiger partial charge in [0.2, 0.25) is 5.91 Å². The summed E-state index contributed by atoms with van der Waals surface area (Å²) in [6.07, 6.45) is 65.0. The van der Waals surface area contributed by atoms with E-state index in [0.29, 0.717) is 19.3 Å². The van der Waals surface area contributed by atoms with Gasteiger partial charge in [0, 0.05) is 6.42 Å². The molecule has 3 N–H and O–H groups in total. The van der Waals surface area contributed by atoms with Gasteiger partial charge in [-0.25, -0.2) is 0 Å². The Hall–Kier alpha value is -2.96. The first-order valence-electron chi connectivity index (χ1n) is 26.3. The van der Waals surface area contributed by atoms with Crippen LogP contribution in [0.3, 0.4) is 0 Å². The van der Waals surface area contributed by atoms with Crippen LogP contribution in [0.25, 0.3) is 0 Å². The molecule has 0 heterocycles. The number of unbranched alkanes of at least 4 members (excludes halogenated alkanes) is 22. The number of allylic oxidation sites excluding steroid dienone is 14. The van der Waals surface area contributed by atoms with Crippen molar-refractivity contribution in [2.24, 2.45) is 0 Å². The molecule has 0 spiro atoms. The molecule has 362 valence electrons. The summed E-state index contributed by atoms with van der Waals surface area (Å²) >= 11 is 0. The van der Waals surface area contributed by atoms with Crippen LogP contribution in [0.1, 0.15) is 239 Å². The predicted molar refractivity (Wildman–Crippen MR) is 273 cm³/mol. The Morgan fingerprint density at radius 1 is 0.492 bits per heavy atom. The number of ether oxygens (including phenoxy) is 1. The Kier molecular flexibility index (Phi) is 47.7. The van der Waals surface area contributed by atoms with E-state index in [2.05, 4.69) is 111 Å². The second kappa shape index (κ2) is 50.0. The molecule has 63 heavy (non-hydrogen) atoms. The van der Waals surface area contributed by atoms with Gasteiger partial charge in [-0.2, -0.15) is 0 Å². The molecule has 6 heteroatoms. The van der Waals surface area contributed by atoms with Gasteiger partial charge in [-0.15, -0.1) is 0 Å². The van der Waals surface area contributed by atoms with Crippen molar-refractivity contribution in [1.82, 2.24) is 5.32 Å². The lowest BCUT2D eigenvalue weighted by Crippen LogP contribution is -2.46. The number of aliphatic hydroxyl groups is 2. The summed E-state index contributed by atoms with van der Waals surface area (Å²) in [6, 6.07) is -0.725. The smallest absolute Gasteiger partial charge is 0.306 e. The number of amides is 1. The standard InChI is InChI=1S/C57H99NO5/c1-4-7-10-13-16-19-22-25-27-28-30-31-33-36-39-42-45-48-53(63-57(62)50-47-44-41-38-35-32-29-26-23-20-17-14-11-8-5-2)51-56(61)58-54(52-59)55(60)49-46-43-40-37-34-24-21-18-15-12-9-6-3/h8,11,14,16-17,19-20,23,25,27,30-31,36,39,53-55,59-60H,4-7,9-10,12-13,15,18,21-22,24,26,28-29,32-35,37-38,40-52H2,1-3H3,(H,58,61)/b11-8+,17-14+,19-16-,23-20+,27-25-,31-30-,39-36-. The highest BCUT2D eigenvalue weighted by Gasteiger charge is 2.24. The van der Waals surface area contributed by atoms with E-state index in [9.17, 15) is 19.8 Å². The fourth-order valence-corrected chi connectivity index (χ4v) is 7.54. The number of carbonyl (C=O) groups excluding carboxylic acids is 2. The van der Waals surface area contributed by atoms with Crippen molar-refractivity contribution >= 4 is 11.9 Å². The van der Waals surface area contributed by atoms with E-state index in [-0.39, 0.29) is 24.9 Å². The summed E-state index contributed by atoms with van der Waals surface area (Å²) < 4.78 is 5.91. The lowest BCUT2D eigenvalue weighted by Gasteiger charge is -2.24. The van der Waals surface area contributed by atoms with Gasteiger partial charge in [-0.3, -0.25) is 9.59 Å². The molecule has 0 saturated heterocycles. The van der Waals surface area contributed by atoms with Crippen molar-refractivity contribution in [1.29, 1.82) is 0 Å². The minimum atomic E-state index is -0.808. The number of nitrogens with one attached hydrogen (secondary N) is 1. The first-order valence-corrected chi connectivity index (χ1v) is 26.3. The highest BCUT2D eigenvalue weighted by atomic mass is 16.5. The molecule has 3 atom stereocenters. The molecule has 1 amide bonds. The molecule has 0 aromatic rings. The molecule has 6 nitrogen and oxygen atoms in total. The van der Waals surface area contributed by atoms with Crippen molar-refractivity contribution in [2.45, 2.75) is 257 Å². The van der Waals surface area contributed by atoms with Gasteiger partial charge < -0.3 is 20.3 Å². The first kappa shape index (κ1) is 60.0. The van der Waals surface area contributed by atoms with E-state index in [1.54, 1.807) is 0 Å². The van der Waals surface area contributed by atoms with Gasteiger partial charge in [0.1, 0.15) is 6.10 Å². The van der Waals surface area contributed by atoms with Crippen LogP contribution in [0, 0.1) is 0 Å². The van der Waals surface area contributed by atoms with Crippen LogP contribution in [0.15, 0.2) is 85.1 Å². The fraction of sp³-hybridized carbons (Fsp3) is 0.719. The van der Waals surface area contributed by atoms with Gasteiger partial charge >= 0.3 is 5.97 Å². The van der Waals surface area contributed by atoms with Crippen LogP contribution in [0.5, 0.6) is 0 Å². The topological polar surface area (TPSA) is 95.9 Å². The largest absolute Gasteiger partial charge is 0.462 e. The van der Waals surface area contributed by atoms with Crippen LogP contribution in [0.4, 0.5) is 0 Å². The molecule has 3 unspecified atom stereocenters. The summed E-state index contributed by atoms with van der Waals surface area (Å²) in [4.78, 5) is 26.2. The molecule has 0 fully saturated rings. The molecule has 0 bridgehead atoms. The number of carbonyl (C=O) groups is 2. The van der Waals surface area contributed by atoms with Crippen LogP contribution in [-0.2, 0) is 14.3 Å². The zero-order valence-electron chi connectivity index (χ0n) is 41.2. The summed E-state index contributed by atoms with van der Waals surface area (Å²) in [7, 11) is 0. The number of rotatable bonds is 46. The van der Waals surface area contributed by atoms with E-state index in [4.69, 9.17) is 4.74 Å². The third-order valence-electron chi connectivity index (χ3n) is 11.5. The minimum absolute atomic E-state index is 0.0313. The zero-order valence-corrected chi connectivity index (χ0v) is 41.2. The average Bonchev–Trinajstić information content (AvgIpc) is 3.28. The second-order valence-corrected chi connectivity index (χ2v) is 17.6. The summed E-state index contributed by atoms with van der Waals surface area (Å²) in [5.74, 6) is -0.545. The van der Waals surface area contributed by atoms with Gasteiger partial charge in [0.05, 0.1) is 25.2 Å². The van der Waals surface area contributed by atoms with Gasteiger partial charge in [-0.1, -0.05) is 228 Å². The van der Waals surface area contributed by atoms with E-state index in [0.717, 1.165) is 83.5 Å². The number of aliphatic hydroxyl groups excluding tert-OH is 2. The van der Waals surface area contributed by atoms with Crippen LogP contribution >= 0.6 is 0 Å².